The molecule has 4 aromatic carbocycles. The van der Waals surface area contributed by atoms with E-state index in [1.54, 1.807) is 12.1 Å². The molecule has 11 heteroatoms. The highest BCUT2D eigenvalue weighted by Crippen LogP contribution is 2.64. The van der Waals surface area contributed by atoms with Crippen molar-refractivity contribution in [1.29, 1.82) is 0 Å². The second-order valence-corrected chi connectivity index (χ2v) is 10.2. The number of fused-ring (bicyclic) bond motifs is 5. The summed E-state index contributed by atoms with van der Waals surface area (Å²) in [6.07, 6.45) is -2.30. The Hall–Kier alpha value is -5.13. The highest BCUT2D eigenvalue weighted by Gasteiger charge is 2.73. The van der Waals surface area contributed by atoms with Gasteiger partial charge in [-0.15, -0.1) is 0 Å². The molecule has 0 bridgehead atoms. The summed E-state index contributed by atoms with van der Waals surface area (Å²) in [5.41, 5.74) is -2.34. The number of aliphatic hydroxyl groups is 2. The number of ether oxygens (including phenoxy) is 3. The first-order chi connectivity index (χ1) is 19.5. The molecule has 0 amide bonds. The van der Waals surface area contributed by atoms with Crippen molar-refractivity contribution >= 4 is 5.78 Å². The van der Waals surface area contributed by atoms with Crippen molar-refractivity contribution in [1.82, 2.24) is 0 Å². The molecule has 0 unspecified atom stereocenters. The van der Waals surface area contributed by atoms with Gasteiger partial charge in [0, 0.05) is 35.7 Å². The van der Waals surface area contributed by atoms with E-state index in [1.807, 2.05) is 0 Å². The third kappa shape index (κ3) is 3.24. The Labute approximate surface area is 231 Å². The highest BCUT2D eigenvalue weighted by atomic mass is 16.7. The summed E-state index contributed by atoms with van der Waals surface area (Å²) in [4.78, 5) is 14.3. The molecule has 0 saturated carbocycles. The van der Waals surface area contributed by atoms with Gasteiger partial charge in [0.05, 0.1) is 11.7 Å². The molecular weight excluding hydrogens is 536 g/mol. The molecule has 3 aliphatic heterocycles. The quantitative estimate of drug-likeness (QED) is 0.192. The number of phenols is 5. The van der Waals surface area contributed by atoms with Crippen molar-refractivity contribution in [3.8, 4) is 46.0 Å². The van der Waals surface area contributed by atoms with Crippen LogP contribution >= 0.6 is 0 Å². The Balaban J connectivity index is 1.50. The van der Waals surface area contributed by atoms with Crippen LogP contribution in [-0.2, 0) is 17.8 Å². The van der Waals surface area contributed by atoms with E-state index >= 15 is 0 Å². The average Bonchev–Trinajstić information content (AvgIpc) is 3.36. The predicted octanol–water partition coefficient (Wildman–Crippen LogP) is 2.96. The Morgan fingerprint density at radius 3 is 2.10 bits per heavy atom. The summed E-state index contributed by atoms with van der Waals surface area (Å²) in [5, 5.41) is 74.6. The fourth-order valence-electron chi connectivity index (χ4n) is 5.90. The van der Waals surface area contributed by atoms with Crippen LogP contribution in [0.5, 0.6) is 46.0 Å². The Morgan fingerprint density at radius 1 is 0.756 bits per heavy atom. The lowest BCUT2D eigenvalue weighted by Gasteiger charge is -2.37. The molecule has 1 spiro atoms. The molecule has 3 aliphatic rings. The molecule has 4 aromatic rings. The van der Waals surface area contributed by atoms with Gasteiger partial charge in [0.15, 0.2) is 0 Å². The lowest BCUT2D eigenvalue weighted by molar-refractivity contribution is -0.218. The third-order valence-electron chi connectivity index (χ3n) is 7.78. The average molecular weight is 558 g/mol. The van der Waals surface area contributed by atoms with Crippen LogP contribution in [-0.4, -0.2) is 47.6 Å². The number of benzene rings is 4. The van der Waals surface area contributed by atoms with Gasteiger partial charge >= 0.3 is 0 Å². The number of carbonyl (C=O) groups excluding carboxylic acids is 1. The second kappa shape index (κ2) is 8.19. The van der Waals surface area contributed by atoms with Crippen LogP contribution in [0.15, 0.2) is 66.7 Å². The Morgan fingerprint density at radius 2 is 1.41 bits per heavy atom. The van der Waals surface area contributed by atoms with Gasteiger partial charge in [0.2, 0.25) is 5.78 Å². The van der Waals surface area contributed by atoms with Gasteiger partial charge in [-0.3, -0.25) is 4.79 Å². The Kier molecular flexibility index (Phi) is 4.97. The summed E-state index contributed by atoms with van der Waals surface area (Å²) in [7, 11) is 0. The first-order valence-corrected chi connectivity index (χ1v) is 12.6. The topological polar surface area (TPSA) is 186 Å². The first kappa shape index (κ1) is 24.9. The molecule has 41 heavy (non-hydrogen) atoms. The summed E-state index contributed by atoms with van der Waals surface area (Å²) in [6, 6.07) is 14.3. The molecule has 3 heterocycles. The predicted molar refractivity (Wildman–Crippen MR) is 138 cm³/mol. The van der Waals surface area contributed by atoms with Crippen LogP contribution < -0.4 is 14.2 Å². The van der Waals surface area contributed by atoms with Crippen LogP contribution in [0.3, 0.4) is 0 Å². The number of carbonyl (C=O) groups is 1. The fourth-order valence-corrected chi connectivity index (χ4v) is 5.90. The minimum Gasteiger partial charge on any atom is -0.508 e. The zero-order valence-electron chi connectivity index (χ0n) is 21.0. The number of phenolic OH excluding ortho intramolecular Hbond substituents is 5. The molecule has 11 nitrogen and oxygen atoms in total. The number of ketones is 1. The van der Waals surface area contributed by atoms with Gasteiger partial charge in [0.1, 0.15) is 57.7 Å². The summed E-state index contributed by atoms with van der Waals surface area (Å²) in [5.74, 6) is -5.55. The van der Waals surface area contributed by atoms with E-state index in [-0.39, 0.29) is 63.2 Å². The van der Waals surface area contributed by atoms with Crippen molar-refractivity contribution in [3.05, 3.63) is 94.5 Å². The number of Topliss-reactive ketones (excluding diaryl/α,β-unsaturated/α-hetero) is 1. The van der Waals surface area contributed by atoms with E-state index in [0.29, 0.717) is 5.56 Å². The van der Waals surface area contributed by atoms with Gasteiger partial charge in [-0.05, 0) is 42.0 Å². The van der Waals surface area contributed by atoms with Crippen LogP contribution in [0.1, 0.15) is 38.7 Å². The molecular formula is C30H22O11. The van der Waals surface area contributed by atoms with Crippen molar-refractivity contribution in [3.63, 3.8) is 0 Å². The molecule has 0 saturated heterocycles. The van der Waals surface area contributed by atoms with Crippen molar-refractivity contribution in [2.75, 3.05) is 0 Å². The first-order valence-electron chi connectivity index (χ1n) is 12.6. The summed E-state index contributed by atoms with van der Waals surface area (Å²) in [6.45, 7) is 0. The van der Waals surface area contributed by atoms with E-state index in [1.165, 1.54) is 42.5 Å². The normalized spacial score (nSPS) is 25.6. The largest absolute Gasteiger partial charge is 0.508 e. The molecule has 0 radical (unpaired) electrons. The van der Waals surface area contributed by atoms with Gasteiger partial charge < -0.3 is 50.0 Å². The molecule has 4 atom stereocenters. The van der Waals surface area contributed by atoms with Crippen molar-refractivity contribution < 1.29 is 54.8 Å². The monoisotopic (exact) mass is 558 g/mol. The number of hydrogen-bond acceptors (Lipinski definition) is 11. The number of hydrogen-bond donors (Lipinski definition) is 7. The van der Waals surface area contributed by atoms with E-state index in [2.05, 4.69) is 0 Å². The van der Waals surface area contributed by atoms with Crippen molar-refractivity contribution in [2.45, 2.75) is 30.0 Å². The smallest absolute Gasteiger partial charge is 0.287 e. The van der Waals surface area contributed by atoms with E-state index in [4.69, 9.17) is 14.2 Å². The molecule has 7 rings (SSSR count). The minimum atomic E-state index is -2.63. The molecule has 208 valence electrons. The molecule has 0 aromatic heterocycles. The number of rotatable bonds is 2. The van der Waals surface area contributed by atoms with Gasteiger partial charge in [-0.25, -0.2) is 0 Å². The molecule has 0 aliphatic carbocycles. The zero-order chi connectivity index (χ0) is 28.8. The standard InChI is InChI=1S/C30H22O11/c31-15-5-1-13(2-6-15)26-21(36)11-18-19(34)12-23-25(27(18)39-26)29(30(38,41-23)14-3-7-16(32)8-4-14)28(37)24-20(35)9-17(33)10-22(24)40-29/h1-10,12,21,26,31-36,38H,11H2/t21-,26+,29-,30-/m0/s1. The van der Waals surface area contributed by atoms with Crippen LogP contribution in [0.2, 0.25) is 0 Å². The number of aromatic hydroxyl groups is 5. The maximum absolute atomic E-state index is 14.3. The van der Waals surface area contributed by atoms with Crippen LogP contribution in [0, 0.1) is 0 Å². The Bertz CT molecular complexity index is 1750. The third-order valence-corrected chi connectivity index (χ3v) is 7.78. The van der Waals surface area contributed by atoms with Crippen molar-refractivity contribution in [2.24, 2.45) is 0 Å². The maximum Gasteiger partial charge on any atom is 0.287 e. The SMILES string of the molecule is O=C1c2c(O)cc(O)cc2O[C@@]12c1c(cc(O)c3c1O[C@H](c1ccc(O)cc1)[C@@H](O)C3)O[C@@]2(O)c1ccc(O)cc1. The molecule has 7 N–H and O–H groups in total. The second-order valence-electron chi connectivity index (χ2n) is 10.2. The van der Waals surface area contributed by atoms with Gasteiger partial charge in [-0.1, -0.05) is 12.1 Å². The van der Waals surface area contributed by atoms with E-state index in [9.17, 15) is 40.5 Å². The zero-order valence-corrected chi connectivity index (χ0v) is 21.0. The lowest BCUT2D eigenvalue weighted by Crippen LogP contribution is -2.55. The summed E-state index contributed by atoms with van der Waals surface area (Å²) >= 11 is 0. The fraction of sp³-hybridized carbons (Fsp3) is 0.167. The maximum atomic E-state index is 14.3. The van der Waals surface area contributed by atoms with E-state index in [0.717, 1.165) is 12.1 Å². The lowest BCUT2D eigenvalue weighted by atomic mass is 9.77. The van der Waals surface area contributed by atoms with Crippen LogP contribution in [0.4, 0.5) is 0 Å². The van der Waals surface area contributed by atoms with Gasteiger partial charge in [0.25, 0.3) is 11.4 Å². The molecule has 0 fully saturated rings. The number of aliphatic hydroxyl groups excluding tert-OH is 1. The van der Waals surface area contributed by atoms with E-state index < -0.39 is 40.9 Å². The van der Waals surface area contributed by atoms with Gasteiger partial charge in [-0.2, -0.15) is 0 Å². The minimum absolute atomic E-state index is 0.00456. The summed E-state index contributed by atoms with van der Waals surface area (Å²) < 4.78 is 18.5. The highest BCUT2D eigenvalue weighted by molar-refractivity contribution is 6.12. The van der Waals surface area contributed by atoms with Crippen LogP contribution in [0.25, 0.3) is 0 Å².